The molecule has 1 unspecified atom stereocenters. The minimum atomic E-state index is -1.64. The van der Waals surface area contributed by atoms with Gasteiger partial charge in [-0.15, -0.1) is 0 Å². The first kappa shape index (κ1) is 17.3. The molecule has 0 heterocycles. The third-order valence-electron chi connectivity index (χ3n) is 3.62. The van der Waals surface area contributed by atoms with Gasteiger partial charge in [0.1, 0.15) is 6.29 Å². The van der Waals surface area contributed by atoms with Gasteiger partial charge in [-0.2, -0.15) is 0 Å². The van der Waals surface area contributed by atoms with Crippen molar-refractivity contribution in [3.8, 4) is 0 Å². The second kappa shape index (κ2) is 7.69. The predicted octanol–water partition coefficient (Wildman–Crippen LogP) is 4.35. The van der Waals surface area contributed by atoms with Crippen LogP contribution in [0, 0.1) is 5.92 Å². The van der Waals surface area contributed by atoms with Gasteiger partial charge in [-0.05, 0) is 31.0 Å². The van der Waals surface area contributed by atoms with E-state index in [1.165, 1.54) is 0 Å². The lowest BCUT2D eigenvalue weighted by molar-refractivity contribution is -0.110. The summed E-state index contributed by atoms with van der Waals surface area (Å²) in [6.45, 7) is 15.6. The zero-order valence-corrected chi connectivity index (χ0v) is 13.5. The average Bonchev–Trinajstić information content (AvgIpc) is 2.26. The van der Waals surface area contributed by atoms with E-state index in [4.69, 9.17) is 4.43 Å². The van der Waals surface area contributed by atoms with Crippen molar-refractivity contribution in [1.29, 1.82) is 0 Å². The molecule has 0 aromatic carbocycles. The van der Waals surface area contributed by atoms with E-state index in [0.29, 0.717) is 0 Å². The van der Waals surface area contributed by atoms with Crippen LogP contribution in [0.25, 0.3) is 0 Å². The van der Waals surface area contributed by atoms with Crippen molar-refractivity contribution < 1.29 is 9.22 Å². The van der Waals surface area contributed by atoms with Crippen LogP contribution in [0.2, 0.25) is 18.1 Å². The number of rotatable bonds is 8. The molecule has 0 aromatic heterocycles. The summed E-state index contributed by atoms with van der Waals surface area (Å²) in [5.41, 5.74) is 0. The standard InChI is InChI=1S/C15H28O2Si/c1-7-8-10-14(13-16)11-9-12-17-18(5,6)15(2,3)4/h7-8,10,13-14H,1,9,11-12H2,2-6H3. The average molecular weight is 268 g/mol. The Kier molecular flexibility index (Phi) is 7.41. The maximum absolute atomic E-state index is 10.8. The lowest BCUT2D eigenvalue weighted by Crippen LogP contribution is -2.41. The van der Waals surface area contributed by atoms with Crippen LogP contribution in [-0.4, -0.2) is 21.2 Å². The Bertz CT molecular complexity index is 287. The van der Waals surface area contributed by atoms with Crippen molar-refractivity contribution in [1.82, 2.24) is 0 Å². The molecule has 0 rings (SSSR count). The normalized spacial score (nSPS) is 14.7. The summed E-state index contributed by atoms with van der Waals surface area (Å²) >= 11 is 0. The first-order valence-electron chi connectivity index (χ1n) is 6.63. The molecular formula is C15H28O2Si. The minimum absolute atomic E-state index is 0.00832. The van der Waals surface area contributed by atoms with Crippen LogP contribution >= 0.6 is 0 Å². The molecule has 1 atom stereocenters. The van der Waals surface area contributed by atoms with E-state index in [1.807, 2.05) is 12.2 Å². The summed E-state index contributed by atoms with van der Waals surface area (Å²) in [6.07, 6.45) is 8.19. The van der Waals surface area contributed by atoms with Crippen molar-refractivity contribution in [2.75, 3.05) is 6.61 Å². The molecule has 0 aliphatic rings. The first-order valence-corrected chi connectivity index (χ1v) is 9.54. The first-order chi connectivity index (χ1) is 8.24. The molecule has 0 saturated carbocycles. The predicted molar refractivity (Wildman–Crippen MR) is 81.3 cm³/mol. The van der Waals surface area contributed by atoms with E-state index < -0.39 is 8.32 Å². The van der Waals surface area contributed by atoms with E-state index in [0.717, 1.165) is 25.7 Å². The molecule has 0 aliphatic heterocycles. The van der Waals surface area contributed by atoms with Crippen LogP contribution in [0.1, 0.15) is 33.6 Å². The van der Waals surface area contributed by atoms with Gasteiger partial charge < -0.3 is 9.22 Å². The maximum Gasteiger partial charge on any atom is 0.191 e. The smallest absolute Gasteiger partial charge is 0.191 e. The highest BCUT2D eigenvalue weighted by Gasteiger charge is 2.36. The SMILES string of the molecule is C=CC=CC(C=O)CCCO[Si](C)(C)C(C)(C)C. The van der Waals surface area contributed by atoms with Gasteiger partial charge >= 0.3 is 0 Å². The van der Waals surface area contributed by atoms with Crippen LogP contribution < -0.4 is 0 Å². The fourth-order valence-corrected chi connectivity index (χ4v) is 2.38. The van der Waals surface area contributed by atoms with Crippen LogP contribution in [0.15, 0.2) is 24.8 Å². The zero-order valence-electron chi connectivity index (χ0n) is 12.5. The third-order valence-corrected chi connectivity index (χ3v) is 8.16. The summed E-state index contributed by atoms with van der Waals surface area (Å²) < 4.78 is 6.07. The largest absolute Gasteiger partial charge is 0.417 e. The minimum Gasteiger partial charge on any atom is -0.417 e. The molecule has 18 heavy (non-hydrogen) atoms. The summed E-state index contributed by atoms with van der Waals surface area (Å²) in [5, 5.41) is 0.250. The van der Waals surface area contributed by atoms with Crippen LogP contribution in [0.4, 0.5) is 0 Å². The topological polar surface area (TPSA) is 26.3 Å². The number of carbonyl (C=O) groups excluding carboxylic acids is 1. The lowest BCUT2D eigenvalue weighted by Gasteiger charge is -2.36. The molecule has 104 valence electrons. The molecular weight excluding hydrogens is 240 g/mol. The number of aldehydes is 1. The van der Waals surface area contributed by atoms with Crippen molar-refractivity contribution in [2.45, 2.75) is 51.7 Å². The van der Waals surface area contributed by atoms with E-state index in [1.54, 1.807) is 6.08 Å². The quantitative estimate of drug-likeness (QED) is 0.283. The third kappa shape index (κ3) is 6.31. The molecule has 0 aliphatic carbocycles. The van der Waals surface area contributed by atoms with Crippen LogP contribution in [-0.2, 0) is 9.22 Å². The summed E-state index contributed by atoms with van der Waals surface area (Å²) in [6, 6.07) is 0. The molecule has 0 spiro atoms. The molecule has 0 saturated heterocycles. The van der Waals surface area contributed by atoms with Gasteiger partial charge in [0.15, 0.2) is 8.32 Å². The maximum atomic E-state index is 10.8. The van der Waals surface area contributed by atoms with Crippen molar-refractivity contribution in [2.24, 2.45) is 5.92 Å². The zero-order chi connectivity index (χ0) is 14.2. The molecule has 0 radical (unpaired) electrons. The van der Waals surface area contributed by atoms with Gasteiger partial charge in [-0.1, -0.05) is 45.6 Å². The Morgan fingerprint density at radius 2 is 1.94 bits per heavy atom. The van der Waals surface area contributed by atoms with Crippen molar-refractivity contribution in [3.05, 3.63) is 24.8 Å². The highest BCUT2D eigenvalue weighted by molar-refractivity contribution is 6.74. The fourth-order valence-electron chi connectivity index (χ4n) is 1.29. The van der Waals surface area contributed by atoms with Gasteiger partial charge in [0.25, 0.3) is 0 Å². The van der Waals surface area contributed by atoms with E-state index in [9.17, 15) is 4.79 Å². The Hall–Kier alpha value is -0.673. The monoisotopic (exact) mass is 268 g/mol. The van der Waals surface area contributed by atoms with Gasteiger partial charge in [0, 0.05) is 12.5 Å². The fraction of sp³-hybridized carbons (Fsp3) is 0.667. The number of allylic oxidation sites excluding steroid dienone is 3. The van der Waals surface area contributed by atoms with Gasteiger partial charge in [0.2, 0.25) is 0 Å². The van der Waals surface area contributed by atoms with E-state index in [-0.39, 0.29) is 11.0 Å². The molecule has 0 N–H and O–H groups in total. The number of carbonyl (C=O) groups is 1. The second-order valence-electron chi connectivity index (χ2n) is 6.17. The highest BCUT2D eigenvalue weighted by atomic mass is 28.4. The van der Waals surface area contributed by atoms with E-state index >= 15 is 0 Å². The Morgan fingerprint density at radius 1 is 1.33 bits per heavy atom. The van der Waals surface area contributed by atoms with Gasteiger partial charge in [0.05, 0.1) is 0 Å². The number of hydrogen-bond donors (Lipinski definition) is 0. The lowest BCUT2D eigenvalue weighted by atomic mass is 10.1. The number of hydrogen-bond acceptors (Lipinski definition) is 2. The Balaban J connectivity index is 4.02. The van der Waals surface area contributed by atoms with Crippen molar-refractivity contribution >= 4 is 14.6 Å². The summed E-state index contributed by atoms with van der Waals surface area (Å²) in [5.74, 6) is -0.00832. The summed E-state index contributed by atoms with van der Waals surface area (Å²) in [4.78, 5) is 10.8. The molecule has 2 nitrogen and oxygen atoms in total. The Morgan fingerprint density at radius 3 is 2.39 bits per heavy atom. The molecule has 0 fully saturated rings. The molecule has 0 aromatic rings. The molecule has 0 amide bonds. The van der Waals surface area contributed by atoms with Crippen molar-refractivity contribution in [3.63, 3.8) is 0 Å². The molecule has 3 heteroatoms. The molecule has 0 bridgehead atoms. The summed E-state index contributed by atoms with van der Waals surface area (Å²) in [7, 11) is -1.64. The highest BCUT2D eigenvalue weighted by Crippen LogP contribution is 2.36. The van der Waals surface area contributed by atoms with E-state index in [2.05, 4.69) is 40.4 Å². The second-order valence-corrected chi connectivity index (χ2v) is 11.0. The van der Waals surface area contributed by atoms with Crippen LogP contribution in [0.5, 0.6) is 0 Å². The Labute approximate surface area is 113 Å². The van der Waals surface area contributed by atoms with Gasteiger partial charge in [-0.25, -0.2) is 0 Å². The van der Waals surface area contributed by atoms with Gasteiger partial charge in [-0.3, -0.25) is 0 Å². The van der Waals surface area contributed by atoms with Crippen LogP contribution in [0.3, 0.4) is 0 Å².